The third-order valence-electron chi connectivity index (χ3n) is 5.13. The molecule has 1 amide bonds. The number of anilines is 1. The Morgan fingerprint density at radius 3 is 2.26 bits per heavy atom. The summed E-state index contributed by atoms with van der Waals surface area (Å²) < 4.78 is 0. The number of hydrogen-bond acceptors (Lipinski definition) is 2. The smallest absolute Gasteiger partial charge is 0.240 e. The van der Waals surface area contributed by atoms with Gasteiger partial charge in [-0.05, 0) is 23.3 Å². The van der Waals surface area contributed by atoms with E-state index in [1.807, 2.05) is 83.8 Å². The lowest BCUT2D eigenvalue weighted by molar-refractivity contribution is -0.118. The van der Waals surface area contributed by atoms with E-state index in [2.05, 4.69) is 12.1 Å². The average molecular weight is 350 g/mol. The van der Waals surface area contributed by atoms with Crippen molar-refractivity contribution in [3.63, 3.8) is 0 Å². The van der Waals surface area contributed by atoms with Crippen molar-refractivity contribution < 1.29 is 4.79 Å². The van der Waals surface area contributed by atoms with Crippen LogP contribution in [0.4, 0.5) is 5.82 Å². The first-order chi connectivity index (χ1) is 13.3. The van der Waals surface area contributed by atoms with Crippen LogP contribution >= 0.6 is 0 Å². The van der Waals surface area contributed by atoms with Gasteiger partial charge in [0.25, 0.3) is 0 Å². The molecule has 0 spiro atoms. The average Bonchev–Trinajstić information content (AvgIpc) is 2.98. The largest absolute Gasteiger partial charge is 0.291 e. The molecule has 3 heteroatoms. The molecule has 130 valence electrons. The number of fused-ring (bicyclic) bond motifs is 2. The van der Waals surface area contributed by atoms with E-state index in [9.17, 15) is 4.79 Å². The van der Waals surface area contributed by atoms with Crippen LogP contribution in [0.3, 0.4) is 0 Å². The molecular weight excluding hydrogens is 332 g/mol. The Bertz CT molecular complexity index is 1120. The topological polar surface area (TPSA) is 33.2 Å². The van der Waals surface area contributed by atoms with Gasteiger partial charge in [-0.3, -0.25) is 9.69 Å². The van der Waals surface area contributed by atoms with E-state index in [1.165, 1.54) is 0 Å². The maximum atomic E-state index is 13.4. The maximum Gasteiger partial charge on any atom is 0.240 e. The van der Waals surface area contributed by atoms with E-state index in [-0.39, 0.29) is 11.8 Å². The Labute approximate surface area is 157 Å². The summed E-state index contributed by atoms with van der Waals surface area (Å²) in [6.07, 6.45) is 0. The first-order valence-electron chi connectivity index (χ1n) is 9.11. The van der Waals surface area contributed by atoms with E-state index >= 15 is 0 Å². The predicted octanol–water partition coefficient (Wildman–Crippen LogP) is 4.91. The molecule has 1 atom stereocenters. The standard InChI is InChI=1S/C24H18N2O/c27-24-22(18-11-5-2-6-12-18)20-15-19-13-7-8-14-21(19)25-23(20)26(24)16-17-9-3-1-4-10-17/h1-15,22H,16H2. The van der Waals surface area contributed by atoms with E-state index in [1.54, 1.807) is 0 Å². The predicted molar refractivity (Wildman–Crippen MR) is 108 cm³/mol. The molecule has 2 heterocycles. The SMILES string of the molecule is O=C1C(c2ccccc2)c2cc3ccccc3nc2N1Cc1ccccc1. The zero-order chi connectivity index (χ0) is 18.2. The van der Waals surface area contributed by atoms with Crippen LogP contribution in [-0.4, -0.2) is 10.9 Å². The molecule has 1 aromatic heterocycles. The first-order valence-corrected chi connectivity index (χ1v) is 9.11. The summed E-state index contributed by atoms with van der Waals surface area (Å²) in [7, 11) is 0. The van der Waals surface area contributed by atoms with Crippen molar-refractivity contribution in [3.05, 3.63) is 108 Å². The normalized spacial score (nSPS) is 15.9. The Morgan fingerprint density at radius 1 is 0.815 bits per heavy atom. The molecule has 27 heavy (non-hydrogen) atoms. The van der Waals surface area contributed by atoms with Gasteiger partial charge in [-0.15, -0.1) is 0 Å². The molecular formula is C24H18N2O. The maximum absolute atomic E-state index is 13.4. The van der Waals surface area contributed by atoms with Crippen molar-refractivity contribution in [1.29, 1.82) is 0 Å². The van der Waals surface area contributed by atoms with Crippen molar-refractivity contribution in [2.45, 2.75) is 12.5 Å². The van der Waals surface area contributed by atoms with E-state index in [4.69, 9.17) is 4.98 Å². The summed E-state index contributed by atoms with van der Waals surface area (Å²) in [5.41, 5.74) is 4.01. The van der Waals surface area contributed by atoms with Gasteiger partial charge in [0.1, 0.15) is 5.82 Å². The van der Waals surface area contributed by atoms with Gasteiger partial charge in [0, 0.05) is 10.9 Å². The quantitative estimate of drug-likeness (QED) is 0.526. The van der Waals surface area contributed by atoms with Gasteiger partial charge in [-0.1, -0.05) is 78.9 Å². The molecule has 0 aliphatic carbocycles. The van der Waals surface area contributed by atoms with Crippen molar-refractivity contribution in [1.82, 2.24) is 4.98 Å². The number of aromatic nitrogens is 1. The van der Waals surface area contributed by atoms with E-state index < -0.39 is 0 Å². The lowest BCUT2D eigenvalue weighted by atomic mass is 9.93. The van der Waals surface area contributed by atoms with Gasteiger partial charge in [-0.2, -0.15) is 0 Å². The van der Waals surface area contributed by atoms with Crippen molar-refractivity contribution in [2.24, 2.45) is 0 Å². The van der Waals surface area contributed by atoms with Gasteiger partial charge in [0.15, 0.2) is 0 Å². The highest BCUT2D eigenvalue weighted by Crippen LogP contribution is 2.42. The van der Waals surface area contributed by atoms with Crippen molar-refractivity contribution >= 4 is 22.6 Å². The summed E-state index contributed by atoms with van der Waals surface area (Å²) in [6.45, 7) is 0.529. The Hall–Kier alpha value is -3.46. The van der Waals surface area contributed by atoms with Crippen molar-refractivity contribution in [3.8, 4) is 0 Å². The highest BCUT2D eigenvalue weighted by atomic mass is 16.2. The second kappa shape index (κ2) is 6.36. The number of pyridine rings is 1. The lowest BCUT2D eigenvalue weighted by Crippen LogP contribution is -2.29. The van der Waals surface area contributed by atoms with Crippen LogP contribution in [0.2, 0.25) is 0 Å². The van der Waals surface area contributed by atoms with E-state index in [0.29, 0.717) is 6.54 Å². The molecule has 4 aromatic rings. The Kier molecular flexibility index (Phi) is 3.72. The van der Waals surface area contributed by atoms with Crippen LogP contribution in [0.1, 0.15) is 22.6 Å². The molecule has 0 N–H and O–H groups in total. The minimum absolute atomic E-state index is 0.0860. The van der Waals surface area contributed by atoms with Crippen molar-refractivity contribution in [2.75, 3.05) is 4.90 Å². The van der Waals surface area contributed by atoms with Crippen LogP contribution in [0.15, 0.2) is 91.0 Å². The summed E-state index contributed by atoms with van der Waals surface area (Å²) in [5.74, 6) is 0.557. The highest BCUT2D eigenvalue weighted by molar-refractivity contribution is 6.07. The fourth-order valence-corrected chi connectivity index (χ4v) is 3.83. The number of para-hydroxylation sites is 1. The molecule has 0 saturated carbocycles. The number of nitrogens with zero attached hydrogens (tertiary/aromatic N) is 2. The summed E-state index contributed by atoms with van der Waals surface area (Å²) in [5, 5.41) is 1.06. The minimum Gasteiger partial charge on any atom is -0.291 e. The molecule has 1 aliphatic rings. The van der Waals surface area contributed by atoms with Crippen LogP contribution in [0, 0.1) is 0 Å². The number of amides is 1. The third-order valence-corrected chi connectivity index (χ3v) is 5.13. The molecule has 3 nitrogen and oxygen atoms in total. The second-order valence-corrected chi connectivity index (χ2v) is 6.85. The molecule has 3 aromatic carbocycles. The summed E-state index contributed by atoms with van der Waals surface area (Å²) in [4.78, 5) is 20.1. The molecule has 0 radical (unpaired) electrons. The van der Waals surface area contributed by atoms with Crippen LogP contribution < -0.4 is 4.90 Å². The first kappa shape index (κ1) is 15.8. The lowest BCUT2D eigenvalue weighted by Gasteiger charge is -2.17. The van der Waals surface area contributed by atoms with Gasteiger partial charge in [0.2, 0.25) is 5.91 Å². The number of hydrogen-bond donors (Lipinski definition) is 0. The molecule has 1 aliphatic heterocycles. The Balaban J connectivity index is 1.68. The molecule has 0 bridgehead atoms. The zero-order valence-electron chi connectivity index (χ0n) is 14.7. The molecule has 5 rings (SSSR count). The monoisotopic (exact) mass is 350 g/mol. The number of rotatable bonds is 3. The fourth-order valence-electron chi connectivity index (χ4n) is 3.83. The van der Waals surface area contributed by atoms with Gasteiger partial charge < -0.3 is 0 Å². The molecule has 0 saturated heterocycles. The number of carbonyl (C=O) groups excluding carboxylic acids is 1. The van der Waals surface area contributed by atoms with E-state index in [0.717, 1.165) is 33.4 Å². The third kappa shape index (κ3) is 2.68. The zero-order valence-corrected chi connectivity index (χ0v) is 14.7. The Morgan fingerprint density at radius 2 is 1.48 bits per heavy atom. The minimum atomic E-state index is -0.304. The number of carbonyl (C=O) groups is 1. The molecule has 0 fully saturated rings. The van der Waals surface area contributed by atoms with Crippen LogP contribution in [-0.2, 0) is 11.3 Å². The number of benzene rings is 3. The van der Waals surface area contributed by atoms with Gasteiger partial charge in [-0.25, -0.2) is 4.98 Å². The molecule has 1 unspecified atom stereocenters. The summed E-state index contributed by atoms with van der Waals surface area (Å²) >= 11 is 0. The summed E-state index contributed by atoms with van der Waals surface area (Å²) in [6, 6.07) is 30.2. The van der Waals surface area contributed by atoms with Gasteiger partial charge >= 0.3 is 0 Å². The fraction of sp³-hybridized carbons (Fsp3) is 0.0833. The highest BCUT2D eigenvalue weighted by Gasteiger charge is 2.39. The second-order valence-electron chi connectivity index (χ2n) is 6.85. The van der Waals surface area contributed by atoms with Crippen LogP contribution in [0.25, 0.3) is 10.9 Å². The van der Waals surface area contributed by atoms with Crippen LogP contribution in [0.5, 0.6) is 0 Å². The van der Waals surface area contributed by atoms with Gasteiger partial charge in [0.05, 0.1) is 18.0 Å².